The van der Waals surface area contributed by atoms with Crippen LogP contribution in [-0.2, 0) is 26.1 Å². The van der Waals surface area contributed by atoms with E-state index in [-0.39, 0.29) is 18.0 Å². The van der Waals surface area contributed by atoms with E-state index in [0.717, 1.165) is 18.2 Å². The van der Waals surface area contributed by atoms with E-state index in [2.05, 4.69) is 4.72 Å². The van der Waals surface area contributed by atoms with Gasteiger partial charge in [0.05, 0.1) is 10.5 Å². The van der Waals surface area contributed by atoms with Crippen LogP contribution in [0.4, 0.5) is 8.78 Å². The Morgan fingerprint density at radius 1 is 1.14 bits per heavy atom. The number of amides is 1. The first-order valence-corrected chi connectivity index (χ1v) is 10.1. The van der Waals surface area contributed by atoms with Crippen LogP contribution in [0.25, 0.3) is 0 Å². The molecule has 0 saturated heterocycles. The van der Waals surface area contributed by atoms with E-state index >= 15 is 0 Å². The van der Waals surface area contributed by atoms with Crippen LogP contribution in [0.5, 0.6) is 0 Å². The molecule has 0 fully saturated rings. The van der Waals surface area contributed by atoms with Crippen LogP contribution in [0.3, 0.4) is 0 Å². The molecule has 2 rings (SSSR count). The number of benzene rings is 2. The number of nitrogens with one attached hydrogen (secondary N) is 1. The highest BCUT2D eigenvalue weighted by Crippen LogP contribution is 2.16. The van der Waals surface area contributed by atoms with Gasteiger partial charge in [-0.2, -0.15) is 0 Å². The molecule has 2 aromatic rings. The lowest BCUT2D eigenvalue weighted by Crippen LogP contribution is -2.34. The molecule has 1 amide bonds. The van der Waals surface area contributed by atoms with Crippen LogP contribution in [-0.4, -0.2) is 45.4 Å². The fraction of sp³-hybridized carbons (Fsp3) is 0.263. The highest BCUT2D eigenvalue weighted by molar-refractivity contribution is 7.89. The normalized spacial score (nSPS) is 11.2. The summed E-state index contributed by atoms with van der Waals surface area (Å²) in [5, 5.41) is 0. The molecule has 0 aliphatic rings. The predicted molar refractivity (Wildman–Crippen MR) is 100 cm³/mol. The first-order valence-electron chi connectivity index (χ1n) is 8.60. The molecule has 0 radical (unpaired) electrons. The van der Waals surface area contributed by atoms with Gasteiger partial charge in [-0.1, -0.05) is 12.1 Å². The quantitative estimate of drug-likeness (QED) is 0.653. The number of halogens is 2. The Bertz CT molecular complexity index is 1010. The summed E-state index contributed by atoms with van der Waals surface area (Å²) in [6, 6.07) is 8.38. The van der Waals surface area contributed by atoms with Crippen molar-refractivity contribution in [3.63, 3.8) is 0 Å². The van der Waals surface area contributed by atoms with E-state index in [1.54, 1.807) is 13.0 Å². The van der Waals surface area contributed by atoms with Crippen molar-refractivity contribution in [2.75, 3.05) is 20.2 Å². The third-order valence-corrected chi connectivity index (χ3v) is 5.47. The van der Waals surface area contributed by atoms with Crippen molar-refractivity contribution in [2.45, 2.75) is 18.4 Å². The Kier molecular flexibility index (Phi) is 7.40. The Morgan fingerprint density at radius 3 is 2.48 bits per heavy atom. The summed E-state index contributed by atoms with van der Waals surface area (Å²) >= 11 is 0. The van der Waals surface area contributed by atoms with E-state index in [1.807, 2.05) is 0 Å². The molecule has 0 bridgehead atoms. The van der Waals surface area contributed by atoms with Gasteiger partial charge in [0.25, 0.3) is 5.91 Å². The molecule has 156 valence electrons. The lowest BCUT2D eigenvalue weighted by molar-refractivity contribution is -0.135. The minimum atomic E-state index is -3.89. The van der Waals surface area contributed by atoms with Crippen molar-refractivity contribution in [2.24, 2.45) is 0 Å². The van der Waals surface area contributed by atoms with Crippen LogP contribution in [0.15, 0.2) is 47.4 Å². The lowest BCUT2D eigenvalue weighted by atomic mass is 10.2. The molecule has 0 aromatic heterocycles. The molecule has 0 spiro atoms. The molecular weight excluding hydrogens is 406 g/mol. The van der Waals surface area contributed by atoms with Crippen LogP contribution in [0.2, 0.25) is 0 Å². The number of ether oxygens (including phenoxy) is 1. The van der Waals surface area contributed by atoms with Crippen LogP contribution < -0.4 is 4.72 Å². The van der Waals surface area contributed by atoms with Gasteiger partial charge >= 0.3 is 5.97 Å². The summed E-state index contributed by atoms with van der Waals surface area (Å²) in [5.74, 6) is -3.16. The molecular formula is C19H20F2N2O5S. The van der Waals surface area contributed by atoms with Gasteiger partial charge in [-0.15, -0.1) is 0 Å². The van der Waals surface area contributed by atoms with Crippen molar-refractivity contribution in [3.8, 4) is 0 Å². The van der Waals surface area contributed by atoms with Gasteiger partial charge in [-0.3, -0.25) is 4.79 Å². The third kappa shape index (κ3) is 5.81. The SMILES string of the molecule is CCN(Cc1cccc(F)c1)C(=O)COC(=O)c1cc(S(=O)(=O)NC)ccc1F. The molecule has 1 N–H and O–H groups in total. The number of carbonyl (C=O) groups excluding carboxylic acids is 2. The zero-order chi connectivity index (χ0) is 21.6. The van der Waals surface area contributed by atoms with Crippen molar-refractivity contribution in [3.05, 3.63) is 65.2 Å². The largest absolute Gasteiger partial charge is 0.452 e. The first kappa shape index (κ1) is 22.4. The van der Waals surface area contributed by atoms with Crippen LogP contribution >= 0.6 is 0 Å². The summed E-state index contributed by atoms with van der Waals surface area (Å²) in [4.78, 5) is 25.5. The lowest BCUT2D eigenvalue weighted by Gasteiger charge is -2.21. The van der Waals surface area contributed by atoms with E-state index in [9.17, 15) is 26.8 Å². The summed E-state index contributed by atoms with van der Waals surface area (Å²) in [5.41, 5.74) is -0.0511. The van der Waals surface area contributed by atoms with Gasteiger partial charge in [0.2, 0.25) is 10.0 Å². The average molecular weight is 426 g/mol. The molecule has 29 heavy (non-hydrogen) atoms. The van der Waals surface area contributed by atoms with E-state index in [4.69, 9.17) is 4.74 Å². The standard InChI is InChI=1S/C19H20F2N2O5S/c1-3-23(11-13-5-4-6-14(20)9-13)18(24)12-28-19(25)16-10-15(7-8-17(16)21)29(26,27)22-2/h4-10,22H,3,11-12H2,1-2H3. The summed E-state index contributed by atoms with van der Waals surface area (Å²) < 4.78 is 57.7. The van der Waals surface area contributed by atoms with Gasteiger partial charge in [0.1, 0.15) is 11.6 Å². The summed E-state index contributed by atoms with van der Waals surface area (Å²) in [6.07, 6.45) is 0. The predicted octanol–water partition coefficient (Wildman–Crippen LogP) is 2.08. The second-order valence-electron chi connectivity index (χ2n) is 5.96. The Hall–Kier alpha value is -2.85. The van der Waals surface area contributed by atoms with Gasteiger partial charge in [0.15, 0.2) is 6.61 Å². The fourth-order valence-corrected chi connectivity index (χ4v) is 3.23. The molecule has 0 atom stereocenters. The maximum absolute atomic E-state index is 13.9. The second-order valence-corrected chi connectivity index (χ2v) is 7.85. The molecule has 0 saturated carbocycles. The number of likely N-dealkylation sites (N-methyl/N-ethyl adjacent to an activating group) is 1. The molecule has 2 aromatic carbocycles. The number of carbonyl (C=O) groups is 2. The van der Waals surface area contributed by atoms with E-state index < -0.39 is 45.7 Å². The third-order valence-electron chi connectivity index (χ3n) is 4.06. The number of sulfonamides is 1. The van der Waals surface area contributed by atoms with Crippen molar-refractivity contribution in [1.29, 1.82) is 0 Å². The van der Waals surface area contributed by atoms with Crippen LogP contribution in [0, 0.1) is 11.6 Å². The smallest absolute Gasteiger partial charge is 0.341 e. The summed E-state index contributed by atoms with van der Waals surface area (Å²) in [6.45, 7) is 1.40. The molecule has 0 heterocycles. The minimum absolute atomic E-state index is 0.106. The molecule has 0 unspecified atom stereocenters. The van der Waals surface area contributed by atoms with Gasteiger partial charge in [-0.25, -0.2) is 26.7 Å². The Balaban J connectivity index is 2.07. The number of hydrogen-bond acceptors (Lipinski definition) is 5. The first-order chi connectivity index (χ1) is 13.7. The van der Waals surface area contributed by atoms with Gasteiger partial charge in [-0.05, 0) is 49.9 Å². The Morgan fingerprint density at radius 2 is 1.86 bits per heavy atom. The maximum atomic E-state index is 13.9. The molecule has 7 nitrogen and oxygen atoms in total. The summed E-state index contributed by atoms with van der Waals surface area (Å²) in [7, 11) is -2.71. The molecule has 0 aliphatic heterocycles. The van der Waals surface area contributed by atoms with E-state index in [1.165, 1.54) is 30.1 Å². The number of rotatable bonds is 8. The minimum Gasteiger partial charge on any atom is -0.452 e. The maximum Gasteiger partial charge on any atom is 0.341 e. The topological polar surface area (TPSA) is 92.8 Å². The Labute approximate surface area is 167 Å². The fourth-order valence-electron chi connectivity index (χ4n) is 2.47. The van der Waals surface area contributed by atoms with Crippen molar-refractivity contribution < 1.29 is 31.5 Å². The molecule has 0 aliphatic carbocycles. The van der Waals surface area contributed by atoms with E-state index in [0.29, 0.717) is 5.56 Å². The average Bonchev–Trinajstić information content (AvgIpc) is 2.70. The number of hydrogen-bond donors (Lipinski definition) is 1. The highest BCUT2D eigenvalue weighted by atomic mass is 32.2. The van der Waals surface area contributed by atoms with Crippen molar-refractivity contribution >= 4 is 21.9 Å². The monoisotopic (exact) mass is 426 g/mol. The molecule has 10 heteroatoms. The number of nitrogens with zero attached hydrogens (tertiary/aromatic N) is 1. The van der Waals surface area contributed by atoms with Gasteiger partial charge in [0, 0.05) is 13.1 Å². The zero-order valence-electron chi connectivity index (χ0n) is 15.8. The second kappa shape index (κ2) is 9.57. The number of esters is 1. The zero-order valence-corrected chi connectivity index (χ0v) is 16.6. The highest BCUT2D eigenvalue weighted by Gasteiger charge is 2.21. The van der Waals surface area contributed by atoms with Gasteiger partial charge < -0.3 is 9.64 Å². The van der Waals surface area contributed by atoms with Crippen molar-refractivity contribution in [1.82, 2.24) is 9.62 Å². The van der Waals surface area contributed by atoms with Crippen LogP contribution in [0.1, 0.15) is 22.8 Å².